The molecule has 118 valence electrons. The lowest BCUT2D eigenvalue weighted by molar-refractivity contribution is -0.120. The molecule has 0 aliphatic heterocycles. The topological polar surface area (TPSA) is 92.8 Å². The van der Waals surface area contributed by atoms with Crippen molar-refractivity contribution >= 4 is 11.7 Å². The van der Waals surface area contributed by atoms with Crippen LogP contribution in [-0.2, 0) is 16.1 Å². The standard InChI is InChI=1S/C16H17N5O2/c17-8-14-16(18-15(22)11-23-10-13-6-7-13)21(20-19-14)9-12-4-2-1-3-5-12/h1-5,13H,6-7,9-11H2,(H,18,22). The third kappa shape index (κ3) is 4.14. The van der Waals surface area contributed by atoms with Gasteiger partial charge in [-0.3, -0.25) is 4.79 Å². The number of carbonyl (C=O) groups is 1. The summed E-state index contributed by atoms with van der Waals surface area (Å²) in [6.45, 7) is 1.01. The fourth-order valence-electron chi connectivity index (χ4n) is 2.15. The van der Waals surface area contributed by atoms with Gasteiger partial charge >= 0.3 is 0 Å². The number of carbonyl (C=O) groups excluding carboxylic acids is 1. The van der Waals surface area contributed by atoms with Crippen LogP contribution in [-0.4, -0.2) is 34.1 Å². The number of nitriles is 1. The van der Waals surface area contributed by atoms with Gasteiger partial charge in [0.1, 0.15) is 12.7 Å². The highest BCUT2D eigenvalue weighted by Gasteiger charge is 2.22. The molecule has 2 aromatic rings. The summed E-state index contributed by atoms with van der Waals surface area (Å²) in [5.41, 5.74) is 1.10. The van der Waals surface area contributed by atoms with Gasteiger partial charge in [-0.05, 0) is 24.3 Å². The fourth-order valence-corrected chi connectivity index (χ4v) is 2.15. The third-order valence-corrected chi connectivity index (χ3v) is 3.56. The lowest BCUT2D eigenvalue weighted by atomic mass is 10.2. The Morgan fingerprint density at radius 1 is 1.39 bits per heavy atom. The molecule has 0 atom stereocenters. The maximum atomic E-state index is 12.0. The first-order valence-corrected chi connectivity index (χ1v) is 7.51. The van der Waals surface area contributed by atoms with Crippen LogP contribution in [0.5, 0.6) is 0 Å². The average molecular weight is 311 g/mol. The van der Waals surface area contributed by atoms with E-state index in [2.05, 4.69) is 15.6 Å². The number of hydrogen-bond donors (Lipinski definition) is 1. The largest absolute Gasteiger partial charge is 0.371 e. The minimum absolute atomic E-state index is 0.0299. The van der Waals surface area contributed by atoms with Crippen molar-refractivity contribution in [3.63, 3.8) is 0 Å². The van der Waals surface area contributed by atoms with Crippen LogP contribution in [0.2, 0.25) is 0 Å². The van der Waals surface area contributed by atoms with Crippen LogP contribution < -0.4 is 5.32 Å². The summed E-state index contributed by atoms with van der Waals surface area (Å²) in [7, 11) is 0. The Morgan fingerprint density at radius 3 is 2.87 bits per heavy atom. The Morgan fingerprint density at radius 2 is 2.17 bits per heavy atom. The van der Waals surface area contributed by atoms with E-state index < -0.39 is 0 Å². The summed E-state index contributed by atoms with van der Waals surface area (Å²) in [6, 6.07) is 11.6. The van der Waals surface area contributed by atoms with Gasteiger partial charge in [-0.25, -0.2) is 4.68 Å². The highest BCUT2D eigenvalue weighted by Crippen LogP contribution is 2.28. The molecular formula is C16H17N5O2. The molecule has 1 aliphatic carbocycles. The van der Waals surface area contributed by atoms with Gasteiger partial charge in [-0.15, -0.1) is 5.10 Å². The molecule has 1 aromatic heterocycles. The number of nitrogens with zero attached hydrogens (tertiary/aromatic N) is 4. The zero-order chi connectivity index (χ0) is 16.1. The number of rotatable bonds is 7. The lowest BCUT2D eigenvalue weighted by Crippen LogP contribution is -2.22. The van der Waals surface area contributed by atoms with E-state index in [-0.39, 0.29) is 18.2 Å². The first kappa shape index (κ1) is 15.2. The Labute approximate surface area is 133 Å². The lowest BCUT2D eigenvalue weighted by Gasteiger charge is -2.08. The van der Waals surface area contributed by atoms with E-state index >= 15 is 0 Å². The zero-order valence-electron chi connectivity index (χ0n) is 12.6. The van der Waals surface area contributed by atoms with Crippen LogP contribution in [0, 0.1) is 17.2 Å². The van der Waals surface area contributed by atoms with E-state index in [1.807, 2.05) is 36.4 Å². The summed E-state index contributed by atoms with van der Waals surface area (Å²) in [5, 5.41) is 19.5. The van der Waals surface area contributed by atoms with Gasteiger partial charge in [0.15, 0.2) is 5.82 Å². The zero-order valence-corrected chi connectivity index (χ0v) is 12.6. The monoisotopic (exact) mass is 311 g/mol. The van der Waals surface area contributed by atoms with E-state index in [0.717, 1.165) is 5.56 Å². The highest BCUT2D eigenvalue weighted by atomic mass is 16.5. The molecule has 0 saturated heterocycles. The van der Waals surface area contributed by atoms with Gasteiger partial charge in [0.05, 0.1) is 13.2 Å². The molecule has 1 heterocycles. The second-order valence-corrected chi connectivity index (χ2v) is 5.55. The smallest absolute Gasteiger partial charge is 0.251 e. The van der Waals surface area contributed by atoms with Crippen LogP contribution in [0.3, 0.4) is 0 Å². The number of amides is 1. The van der Waals surface area contributed by atoms with Gasteiger partial charge in [0.2, 0.25) is 5.69 Å². The fraction of sp³-hybridized carbons (Fsp3) is 0.375. The second-order valence-electron chi connectivity index (χ2n) is 5.55. The number of benzene rings is 1. The summed E-state index contributed by atoms with van der Waals surface area (Å²) in [5.74, 6) is 0.595. The normalized spacial score (nSPS) is 13.5. The van der Waals surface area contributed by atoms with Gasteiger partial charge in [-0.2, -0.15) is 5.26 Å². The molecule has 7 heteroatoms. The van der Waals surface area contributed by atoms with Crippen molar-refractivity contribution in [2.75, 3.05) is 18.5 Å². The van der Waals surface area contributed by atoms with Crippen LogP contribution in [0.4, 0.5) is 5.82 Å². The molecule has 1 amide bonds. The SMILES string of the molecule is N#Cc1nnn(Cc2ccccc2)c1NC(=O)COCC1CC1. The third-order valence-electron chi connectivity index (χ3n) is 3.56. The average Bonchev–Trinajstić information content (AvgIpc) is 3.31. The van der Waals surface area contributed by atoms with Crippen molar-refractivity contribution < 1.29 is 9.53 Å². The molecule has 1 N–H and O–H groups in total. The number of aromatic nitrogens is 3. The Balaban J connectivity index is 1.65. The summed E-state index contributed by atoms with van der Waals surface area (Å²) in [4.78, 5) is 12.0. The van der Waals surface area contributed by atoms with E-state index in [1.165, 1.54) is 17.5 Å². The molecule has 7 nitrogen and oxygen atoms in total. The number of nitrogens with one attached hydrogen (secondary N) is 1. The number of anilines is 1. The predicted octanol–water partition coefficient (Wildman–Crippen LogP) is 1.56. The molecule has 0 unspecified atom stereocenters. The van der Waals surface area contributed by atoms with Gasteiger partial charge < -0.3 is 10.1 Å². The van der Waals surface area contributed by atoms with Crippen molar-refractivity contribution in [3.05, 3.63) is 41.6 Å². The summed E-state index contributed by atoms with van der Waals surface area (Å²) in [6.07, 6.45) is 2.35. The highest BCUT2D eigenvalue weighted by molar-refractivity contribution is 5.91. The molecule has 23 heavy (non-hydrogen) atoms. The predicted molar refractivity (Wildman–Crippen MR) is 82.5 cm³/mol. The molecule has 0 spiro atoms. The number of hydrogen-bond acceptors (Lipinski definition) is 5. The summed E-state index contributed by atoms with van der Waals surface area (Å²) >= 11 is 0. The quantitative estimate of drug-likeness (QED) is 0.837. The van der Waals surface area contributed by atoms with Gasteiger partial charge in [-0.1, -0.05) is 35.5 Å². The molecule has 1 aromatic carbocycles. The van der Waals surface area contributed by atoms with Crippen LogP contribution in [0.1, 0.15) is 24.1 Å². The molecule has 0 bridgehead atoms. The minimum atomic E-state index is -0.307. The molecule has 0 radical (unpaired) electrons. The van der Waals surface area contributed by atoms with Crippen molar-refractivity contribution in [1.29, 1.82) is 5.26 Å². The first-order chi connectivity index (χ1) is 11.3. The molecule has 1 fully saturated rings. The van der Waals surface area contributed by atoms with Crippen molar-refractivity contribution in [3.8, 4) is 6.07 Å². The first-order valence-electron chi connectivity index (χ1n) is 7.51. The Bertz CT molecular complexity index is 716. The van der Waals surface area contributed by atoms with Gasteiger partial charge in [0.25, 0.3) is 5.91 Å². The van der Waals surface area contributed by atoms with Crippen molar-refractivity contribution in [2.24, 2.45) is 5.92 Å². The maximum Gasteiger partial charge on any atom is 0.251 e. The van der Waals surface area contributed by atoms with Crippen molar-refractivity contribution in [1.82, 2.24) is 15.0 Å². The van der Waals surface area contributed by atoms with E-state index in [9.17, 15) is 4.79 Å². The van der Waals surface area contributed by atoms with E-state index in [4.69, 9.17) is 10.00 Å². The molecule has 1 saturated carbocycles. The summed E-state index contributed by atoms with van der Waals surface area (Å²) < 4.78 is 6.86. The van der Waals surface area contributed by atoms with Crippen LogP contribution in [0.25, 0.3) is 0 Å². The molecular weight excluding hydrogens is 294 g/mol. The van der Waals surface area contributed by atoms with E-state index in [1.54, 1.807) is 0 Å². The van der Waals surface area contributed by atoms with Crippen molar-refractivity contribution in [2.45, 2.75) is 19.4 Å². The van der Waals surface area contributed by atoms with E-state index in [0.29, 0.717) is 24.9 Å². The molecule has 1 aliphatic rings. The van der Waals surface area contributed by atoms with Crippen LogP contribution in [0.15, 0.2) is 30.3 Å². The maximum absolute atomic E-state index is 12.0. The second kappa shape index (κ2) is 7.03. The van der Waals surface area contributed by atoms with Crippen LogP contribution >= 0.6 is 0 Å². The number of ether oxygens (including phenoxy) is 1. The minimum Gasteiger partial charge on any atom is -0.371 e. The van der Waals surface area contributed by atoms with Gasteiger partial charge in [0, 0.05) is 0 Å². The molecule has 3 rings (SSSR count). The Kier molecular flexibility index (Phi) is 4.64. The Hall–Kier alpha value is -2.72.